The number of fused-ring (bicyclic) bond motifs is 2. The summed E-state index contributed by atoms with van der Waals surface area (Å²) >= 11 is 0. The minimum Gasteiger partial charge on any atom is -0.461 e. The van der Waals surface area contributed by atoms with E-state index in [1.165, 1.54) is 4.90 Å². The van der Waals surface area contributed by atoms with E-state index in [4.69, 9.17) is 9.47 Å². The molecule has 4 heterocycles. The average Bonchev–Trinajstić information content (AvgIpc) is 3.15. The van der Waals surface area contributed by atoms with Gasteiger partial charge in [0.25, 0.3) is 5.91 Å². The number of amides is 2. The summed E-state index contributed by atoms with van der Waals surface area (Å²) in [6, 6.07) is 4.25. The van der Waals surface area contributed by atoms with Crippen LogP contribution in [-0.4, -0.2) is 71.3 Å². The summed E-state index contributed by atoms with van der Waals surface area (Å²) in [6.07, 6.45) is 7.21. The first-order chi connectivity index (χ1) is 17.3. The molecule has 2 fully saturated rings. The van der Waals surface area contributed by atoms with Gasteiger partial charge < -0.3 is 24.4 Å². The van der Waals surface area contributed by atoms with Crippen LogP contribution in [-0.2, 0) is 23.9 Å². The van der Waals surface area contributed by atoms with Gasteiger partial charge in [0, 0.05) is 12.2 Å². The predicted octanol–water partition coefficient (Wildman–Crippen LogP) is 2.31. The first kappa shape index (κ1) is 24.7. The molecule has 2 amide bonds. The number of cyclic esters (lactones) is 1. The molecule has 1 N–H and O–H groups in total. The summed E-state index contributed by atoms with van der Waals surface area (Å²) in [5.74, 6) is -2.96. The van der Waals surface area contributed by atoms with Crippen molar-refractivity contribution in [2.45, 2.75) is 57.9 Å². The van der Waals surface area contributed by atoms with Crippen LogP contribution in [0.4, 0.5) is 5.69 Å². The van der Waals surface area contributed by atoms with E-state index in [1.807, 2.05) is 58.0 Å². The van der Waals surface area contributed by atoms with Crippen LogP contribution < -0.4 is 4.90 Å². The molecule has 0 saturated carbocycles. The quantitative estimate of drug-likeness (QED) is 0.499. The van der Waals surface area contributed by atoms with E-state index in [-0.39, 0.29) is 30.9 Å². The smallest absolute Gasteiger partial charge is 0.313 e. The third kappa shape index (κ3) is 3.45. The monoisotopic (exact) mass is 494 g/mol. The number of nitrogens with zero attached hydrogens (tertiary/aromatic N) is 2. The highest BCUT2D eigenvalue weighted by Gasteiger charge is 2.72. The zero-order valence-corrected chi connectivity index (χ0v) is 21.2. The minimum atomic E-state index is -1.34. The molecule has 0 aliphatic carbocycles. The van der Waals surface area contributed by atoms with E-state index in [2.05, 4.69) is 0 Å². The maximum Gasteiger partial charge on any atom is 0.313 e. The minimum absolute atomic E-state index is 0.0692. The van der Waals surface area contributed by atoms with Crippen molar-refractivity contribution in [3.63, 3.8) is 0 Å². The van der Waals surface area contributed by atoms with Gasteiger partial charge in [-0.15, -0.1) is 0 Å². The zero-order chi connectivity index (χ0) is 25.8. The van der Waals surface area contributed by atoms with E-state index < -0.39 is 41.6 Å². The van der Waals surface area contributed by atoms with Gasteiger partial charge in [0.15, 0.2) is 0 Å². The SMILES string of the molecule is CC[C@H](C)[C@H](CO)N1C(=O)[C@@H]2[C@@H]3C(=O)OCC=C[C@@H]3O[C@@]23C=CCN(c2c(C)cccc2C)C(=O)C13. The molecule has 4 aliphatic rings. The second-order valence-electron chi connectivity index (χ2n) is 10.4. The summed E-state index contributed by atoms with van der Waals surface area (Å²) in [4.78, 5) is 45.0. The summed E-state index contributed by atoms with van der Waals surface area (Å²) < 4.78 is 11.9. The molecular formula is C28H34N2O6. The van der Waals surface area contributed by atoms with Crippen molar-refractivity contribution < 1.29 is 29.0 Å². The van der Waals surface area contributed by atoms with Crippen LogP contribution in [0.15, 0.2) is 42.5 Å². The number of carbonyl (C=O) groups excluding carboxylic acids is 3. The van der Waals surface area contributed by atoms with Crippen LogP contribution in [0.5, 0.6) is 0 Å². The molecule has 0 aromatic heterocycles. The summed E-state index contributed by atoms with van der Waals surface area (Å²) in [5.41, 5.74) is 1.36. The van der Waals surface area contributed by atoms with Crippen molar-refractivity contribution in [1.29, 1.82) is 0 Å². The number of aliphatic hydroxyl groups is 1. The van der Waals surface area contributed by atoms with Crippen LogP contribution >= 0.6 is 0 Å². The van der Waals surface area contributed by atoms with Crippen molar-refractivity contribution in [1.82, 2.24) is 4.90 Å². The molecular weight excluding hydrogens is 460 g/mol. The van der Waals surface area contributed by atoms with E-state index in [0.717, 1.165) is 16.8 Å². The van der Waals surface area contributed by atoms with Gasteiger partial charge in [-0.25, -0.2) is 0 Å². The molecule has 1 unspecified atom stereocenters. The average molecular weight is 495 g/mol. The van der Waals surface area contributed by atoms with Crippen LogP contribution in [0.2, 0.25) is 0 Å². The lowest BCUT2D eigenvalue weighted by molar-refractivity contribution is -0.154. The first-order valence-corrected chi connectivity index (χ1v) is 12.8. The second-order valence-corrected chi connectivity index (χ2v) is 10.4. The molecule has 7 atom stereocenters. The fourth-order valence-electron chi connectivity index (χ4n) is 6.51. The Balaban J connectivity index is 1.69. The maximum absolute atomic E-state index is 14.5. The molecule has 8 heteroatoms. The van der Waals surface area contributed by atoms with Crippen LogP contribution in [0.25, 0.3) is 0 Å². The van der Waals surface area contributed by atoms with Gasteiger partial charge >= 0.3 is 5.97 Å². The summed E-state index contributed by atoms with van der Waals surface area (Å²) in [5, 5.41) is 10.4. The standard InChI is InChI=1S/C28H34N2O6/c1-5-16(2)19(15-31)30-24-26(33)29(23-17(3)9-6-10-18(23)4)13-8-12-28(24)22(25(30)32)21-20(36-28)11-7-14-35-27(21)34/h6-12,16,19-22,24,31H,5,13-15H2,1-4H3/t16-,19-,20-,21+,22-,24?,28-/m0/s1. The fraction of sp³-hybridized carbons (Fsp3) is 0.536. The Morgan fingerprint density at radius 1 is 1.14 bits per heavy atom. The zero-order valence-electron chi connectivity index (χ0n) is 21.2. The lowest BCUT2D eigenvalue weighted by atomic mass is 9.78. The van der Waals surface area contributed by atoms with Crippen molar-refractivity contribution in [2.24, 2.45) is 17.8 Å². The molecule has 8 nitrogen and oxygen atoms in total. The third-order valence-corrected chi connectivity index (χ3v) is 8.41. The fourth-order valence-corrected chi connectivity index (χ4v) is 6.51. The number of ether oxygens (including phenoxy) is 2. The van der Waals surface area contributed by atoms with Crippen LogP contribution in [0.3, 0.4) is 0 Å². The number of anilines is 1. The highest BCUT2D eigenvalue weighted by atomic mass is 16.6. The normalized spacial score (nSPS) is 33.0. The topological polar surface area (TPSA) is 96.4 Å². The molecule has 5 rings (SSSR count). The molecule has 2 saturated heterocycles. The van der Waals surface area contributed by atoms with Crippen molar-refractivity contribution in [2.75, 3.05) is 24.7 Å². The molecule has 1 aromatic carbocycles. The number of likely N-dealkylation sites (tertiary alicyclic amines) is 1. The lowest BCUT2D eigenvalue weighted by Gasteiger charge is -2.40. The van der Waals surface area contributed by atoms with Gasteiger partial charge in [0.1, 0.15) is 24.2 Å². The summed E-state index contributed by atoms with van der Waals surface area (Å²) in [7, 11) is 0. The molecule has 1 aromatic rings. The second kappa shape index (κ2) is 9.16. The summed E-state index contributed by atoms with van der Waals surface area (Å²) in [6.45, 7) is 8.01. The van der Waals surface area contributed by atoms with Crippen molar-refractivity contribution in [3.8, 4) is 0 Å². The molecule has 1 spiro atoms. The number of aryl methyl sites for hydroxylation is 2. The number of para-hydroxylation sites is 1. The third-order valence-electron chi connectivity index (χ3n) is 8.41. The first-order valence-electron chi connectivity index (χ1n) is 12.8. The number of aliphatic hydroxyl groups excluding tert-OH is 1. The van der Waals surface area contributed by atoms with Gasteiger partial charge in [0.2, 0.25) is 5.91 Å². The van der Waals surface area contributed by atoms with E-state index in [9.17, 15) is 19.5 Å². The van der Waals surface area contributed by atoms with E-state index in [1.54, 1.807) is 17.1 Å². The Bertz CT molecular complexity index is 1120. The Morgan fingerprint density at radius 3 is 2.53 bits per heavy atom. The molecule has 0 radical (unpaired) electrons. The number of hydrogen-bond donors (Lipinski definition) is 1. The Labute approximate surface area is 211 Å². The Hall–Kier alpha value is -2.97. The molecule has 0 bridgehead atoms. The molecule has 4 aliphatic heterocycles. The number of esters is 1. The largest absolute Gasteiger partial charge is 0.461 e. The van der Waals surface area contributed by atoms with Crippen molar-refractivity contribution >= 4 is 23.5 Å². The maximum atomic E-state index is 14.5. The number of rotatable bonds is 5. The van der Waals surface area contributed by atoms with E-state index in [0.29, 0.717) is 13.0 Å². The van der Waals surface area contributed by atoms with Gasteiger partial charge in [0.05, 0.1) is 24.7 Å². The number of benzene rings is 1. The lowest BCUT2D eigenvalue weighted by Crippen LogP contribution is -2.59. The van der Waals surface area contributed by atoms with Crippen LogP contribution in [0, 0.1) is 31.6 Å². The molecule has 36 heavy (non-hydrogen) atoms. The predicted molar refractivity (Wildman–Crippen MR) is 133 cm³/mol. The Kier molecular flexibility index (Phi) is 6.29. The van der Waals surface area contributed by atoms with Gasteiger partial charge in [-0.3, -0.25) is 14.4 Å². The highest BCUT2D eigenvalue weighted by molar-refractivity contribution is 6.06. The van der Waals surface area contributed by atoms with Crippen molar-refractivity contribution in [3.05, 3.63) is 53.6 Å². The Morgan fingerprint density at radius 2 is 1.86 bits per heavy atom. The van der Waals surface area contributed by atoms with Gasteiger partial charge in [-0.05, 0) is 37.0 Å². The highest BCUT2D eigenvalue weighted by Crippen LogP contribution is 2.54. The molecule has 192 valence electrons. The van der Waals surface area contributed by atoms with Crippen LogP contribution in [0.1, 0.15) is 31.4 Å². The van der Waals surface area contributed by atoms with Gasteiger partial charge in [-0.2, -0.15) is 0 Å². The van der Waals surface area contributed by atoms with Gasteiger partial charge in [-0.1, -0.05) is 56.7 Å². The number of carbonyl (C=O) groups is 3. The van der Waals surface area contributed by atoms with E-state index >= 15 is 0 Å². The number of hydrogen-bond acceptors (Lipinski definition) is 6.